The summed E-state index contributed by atoms with van der Waals surface area (Å²) in [6.45, 7) is 6.77. The molecular formula is C24H30N4O2S. The van der Waals surface area contributed by atoms with Gasteiger partial charge in [0.1, 0.15) is 5.75 Å². The zero-order chi connectivity index (χ0) is 22.2. The molecule has 0 atom stereocenters. The van der Waals surface area contributed by atoms with Crippen molar-refractivity contribution in [3.8, 4) is 11.4 Å². The predicted octanol–water partition coefficient (Wildman–Crippen LogP) is 4.83. The van der Waals surface area contributed by atoms with Crippen LogP contribution in [0, 0.1) is 0 Å². The van der Waals surface area contributed by atoms with Crippen LogP contribution in [0.1, 0.15) is 54.5 Å². The molecule has 0 saturated heterocycles. The van der Waals surface area contributed by atoms with Gasteiger partial charge in [-0.15, -0.1) is 10.2 Å². The van der Waals surface area contributed by atoms with Crippen LogP contribution in [0.3, 0.4) is 0 Å². The SMILES string of the molecule is CCCSc1nnc(CNC(=O)c2ccc(OC)cc2)n1-c1c(CC)cccc1CC. The fraction of sp³-hybridized carbons (Fsp3) is 0.375. The molecule has 1 heterocycles. The lowest BCUT2D eigenvalue weighted by Crippen LogP contribution is -2.25. The van der Waals surface area contributed by atoms with E-state index < -0.39 is 0 Å². The molecule has 0 radical (unpaired) electrons. The van der Waals surface area contributed by atoms with Gasteiger partial charge in [-0.3, -0.25) is 9.36 Å². The van der Waals surface area contributed by atoms with E-state index in [9.17, 15) is 4.79 Å². The number of carbonyl (C=O) groups is 1. The quantitative estimate of drug-likeness (QED) is 0.459. The Labute approximate surface area is 188 Å². The van der Waals surface area contributed by atoms with Crippen LogP contribution in [-0.2, 0) is 19.4 Å². The first kappa shape index (κ1) is 22.9. The number of ether oxygens (including phenoxy) is 1. The molecule has 1 amide bonds. The third-order valence-electron chi connectivity index (χ3n) is 5.08. The number of nitrogens with zero attached hydrogens (tertiary/aromatic N) is 3. The largest absolute Gasteiger partial charge is 0.497 e. The zero-order valence-electron chi connectivity index (χ0n) is 18.6. The number of nitrogens with one attached hydrogen (secondary N) is 1. The van der Waals surface area contributed by atoms with E-state index >= 15 is 0 Å². The molecule has 164 valence electrons. The Morgan fingerprint density at radius 3 is 2.29 bits per heavy atom. The number of carbonyl (C=O) groups excluding carboxylic acids is 1. The summed E-state index contributed by atoms with van der Waals surface area (Å²) < 4.78 is 7.30. The van der Waals surface area contributed by atoms with E-state index in [0.29, 0.717) is 12.1 Å². The second-order valence-electron chi connectivity index (χ2n) is 7.13. The normalized spacial score (nSPS) is 10.8. The number of amides is 1. The summed E-state index contributed by atoms with van der Waals surface area (Å²) in [6, 6.07) is 13.5. The first-order valence-electron chi connectivity index (χ1n) is 10.7. The summed E-state index contributed by atoms with van der Waals surface area (Å²) in [5.74, 6) is 2.26. The third kappa shape index (κ3) is 5.28. The summed E-state index contributed by atoms with van der Waals surface area (Å²) in [4.78, 5) is 12.7. The van der Waals surface area contributed by atoms with E-state index in [2.05, 4.69) is 59.1 Å². The second-order valence-corrected chi connectivity index (χ2v) is 8.19. The summed E-state index contributed by atoms with van der Waals surface area (Å²) >= 11 is 1.70. The van der Waals surface area contributed by atoms with E-state index in [1.807, 2.05) is 0 Å². The number of benzene rings is 2. The monoisotopic (exact) mass is 438 g/mol. The lowest BCUT2D eigenvalue weighted by Gasteiger charge is -2.18. The highest BCUT2D eigenvalue weighted by Gasteiger charge is 2.19. The molecule has 1 N–H and O–H groups in total. The average Bonchev–Trinajstić information content (AvgIpc) is 3.22. The van der Waals surface area contributed by atoms with E-state index in [4.69, 9.17) is 4.74 Å². The summed E-state index contributed by atoms with van der Waals surface area (Å²) in [5, 5.41) is 12.8. The van der Waals surface area contributed by atoms with Gasteiger partial charge in [-0.2, -0.15) is 0 Å². The molecule has 0 aliphatic carbocycles. The van der Waals surface area contributed by atoms with Crippen LogP contribution in [0.5, 0.6) is 5.75 Å². The van der Waals surface area contributed by atoms with E-state index in [1.54, 1.807) is 43.1 Å². The van der Waals surface area contributed by atoms with Crippen molar-refractivity contribution >= 4 is 17.7 Å². The third-order valence-corrected chi connectivity index (χ3v) is 6.22. The molecule has 31 heavy (non-hydrogen) atoms. The molecule has 0 aliphatic heterocycles. The fourth-order valence-electron chi connectivity index (χ4n) is 3.43. The number of aromatic nitrogens is 3. The number of thioether (sulfide) groups is 1. The topological polar surface area (TPSA) is 69.0 Å². The van der Waals surface area contributed by atoms with Crippen LogP contribution >= 0.6 is 11.8 Å². The molecule has 7 heteroatoms. The molecule has 3 rings (SSSR count). The van der Waals surface area contributed by atoms with Crippen LogP contribution in [0.4, 0.5) is 0 Å². The van der Waals surface area contributed by atoms with Crippen molar-refractivity contribution in [1.82, 2.24) is 20.1 Å². The van der Waals surface area contributed by atoms with Gasteiger partial charge in [-0.1, -0.05) is 50.7 Å². The molecule has 0 unspecified atom stereocenters. The minimum absolute atomic E-state index is 0.153. The lowest BCUT2D eigenvalue weighted by molar-refractivity contribution is 0.0949. The smallest absolute Gasteiger partial charge is 0.251 e. The van der Waals surface area contributed by atoms with Crippen molar-refractivity contribution in [2.45, 2.75) is 51.7 Å². The van der Waals surface area contributed by atoms with Crippen molar-refractivity contribution < 1.29 is 9.53 Å². The molecule has 6 nitrogen and oxygen atoms in total. The van der Waals surface area contributed by atoms with Crippen molar-refractivity contribution in [1.29, 1.82) is 0 Å². The average molecular weight is 439 g/mol. The molecular weight excluding hydrogens is 408 g/mol. The number of rotatable bonds is 10. The van der Waals surface area contributed by atoms with Gasteiger partial charge in [0.2, 0.25) is 0 Å². The van der Waals surface area contributed by atoms with Crippen LogP contribution in [0.2, 0.25) is 0 Å². The van der Waals surface area contributed by atoms with Crippen LogP contribution in [0.25, 0.3) is 5.69 Å². The Kier molecular flexibility index (Phi) is 8.12. The van der Waals surface area contributed by atoms with Gasteiger partial charge in [0.15, 0.2) is 11.0 Å². The van der Waals surface area contributed by atoms with Gasteiger partial charge in [0, 0.05) is 11.3 Å². The van der Waals surface area contributed by atoms with Crippen molar-refractivity contribution in [2.24, 2.45) is 0 Å². The minimum Gasteiger partial charge on any atom is -0.497 e. The van der Waals surface area contributed by atoms with Gasteiger partial charge in [-0.05, 0) is 54.7 Å². The van der Waals surface area contributed by atoms with Gasteiger partial charge in [0.05, 0.1) is 19.3 Å². The Hall–Kier alpha value is -2.80. The van der Waals surface area contributed by atoms with Crippen molar-refractivity contribution in [2.75, 3.05) is 12.9 Å². The fourth-order valence-corrected chi connectivity index (χ4v) is 4.24. The molecule has 2 aromatic carbocycles. The number of hydrogen-bond donors (Lipinski definition) is 1. The van der Waals surface area contributed by atoms with Crippen molar-refractivity contribution in [3.05, 3.63) is 65.0 Å². The van der Waals surface area contributed by atoms with Crippen LogP contribution in [0.15, 0.2) is 47.6 Å². The maximum absolute atomic E-state index is 12.7. The predicted molar refractivity (Wildman–Crippen MR) is 125 cm³/mol. The summed E-state index contributed by atoms with van der Waals surface area (Å²) in [5.41, 5.74) is 4.22. The van der Waals surface area contributed by atoms with Gasteiger partial charge >= 0.3 is 0 Å². The molecule has 0 fully saturated rings. The minimum atomic E-state index is -0.153. The van der Waals surface area contributed by atoms with E-state index in [1.165, 1.54) is 11.1 Å². The summed E-state index contributed by atoms with van der Waals surface area (Å²) in [7, 11) is 1.61. The highest BCUT2D eigenvalue weighted by Crippen LogP contribution is 2.28. The number of aryl methyl sites for hydroxylation is 2. The second kappa shape index (κ2) is 11.0. The molecule has 0 aliphatic rings. The standard InChI is InChI=1S/C24H30N4O2S/c1-5-15-31-24-27-26-21(16-25-23(29)19-11-13-20(30-4)14-12-19)28(24)22-17(6-2)9-8-10-18(22)7-3/h8-14H,5-7,15-16H2,1-4H3,(H,25,29). The van der Waals surface area contributed by atoms with Gasteiger partial charge < -0.3 is 10.1 Å². The molecule has 0 spiro atoms. The zero-order valence-corrected chi connectivity index (χ0v) is 19.5. The summed E-state index contributed by atoms with van der Waals surface area (Å²) in [6.07, 6.45) is 2.88. The first-order chi connectivity index (χ1) is 15.1. The molecule has 3 aromatic rings. The maximum Gasteiger partial charge on any atom is 0.251 e. The van der Waals surface area contributed by atoms with Crippen LogP contribution in [-0.4, -0.2) is 33.5 Å². The van der Waals surface area contributed by atoms with Crippen molar-refractivity contribution in [3.63, 3.8) is 0 Å². The molecule has 1 aromatic heterocycles. The molecule has 0 saturated carbocycles. The van der Waals surface area contributed by atoms with Crippen LogP contribution < -0.4 is 10.1 Å². The van der Waals surface area contributed by atoms with E-state index in [0.717, 1.165) is 47.4 Å². The number of para-hydroxylation sites is 1. The first-order valence-corrected chi connectivity index (χ1v) is 11.7. The Balaban J connectivity index is 1.93. The number of hydrogen-bond acceptors (Lipinski definition) is 5. The number of methoxy groups -OCH3 is 1. The highest BCUT2D eigenvalue weighted by molar-refractivity contribution is 7.99. The highest BCUT2D eigenvalue weighted by atomic mass is 32.2. The van der Waals surface area contributed by atoms with Gasteiger partial charge in [0.25, 0.3) is 5.91 Å². The Morgan fingerprint density at radius 2 is 1.71 bits per heavy atom. The molecule has 0 bridgehead atoms. The van der Waals surface area contributed by atoms with Gasteiger partial charge in [-0.25, -0.2) is 0 Å². The Morgan fingerprint density at radius 1 is 1.03 bits per heavy atom. The van der Waals surface area contributed by atoms with E-state index in [-0.39, 0.29) is 5.91 Å². The maximum atomic E-state index is 12.7. The lowest BCUT2D eigenvalue weighted by atomic mass is 10.0. The Bertz CT molecular complexity index is 993.